The summed E-state index contributed by atoms with van der Waals surface area (Å²) in [6, 6.07) is 0. The molecule has 0 aromatic carbocycles. The molecule has 0 aliphatic heterocycles. The Balaban J connectivity index is 4.24. The number of unbranched alkanes of at least 4 members (excludes halogenated alkanes) is 32. The average Bonchev–Trinajstić information content (AvgIpc) is 3.23. The van der Waals surface area contributed by atoms with Crippen LogP contribution in [0.15, 0.2) is 0 Å². The minimum Gasteiger partial charge on any atom is -0.462 e. The quantitative estimate of drug-likeness (QED) is 0.0345. The van der Waals surface area contributed by atoms with E-state index in [1.54, 1.807) is 0 Å². The molecule has 0 aliphatic carbocycles. The minimum absolute atomic E-state index is 0.0644. The fourth-order valence-electron chi connectivity index (χ4n) is 8.13. The SMILES string of the molecule is CCCCCCCCCCCCCCCCCCCCCC(=O)OC[C@@H](COC(=O)CCCCCCCCC(C)CC)OC(=O)CCCCCCCCCCCCC(C)C. The van der Waals surface area contributed by atoms with Gasteiger partial charge in [0, 0.05) is 19.3 Å². The molecular formula is C54H104O6. The molecule has 356 valence electrons. The van der Waals surface area contributed by atoms with Gasteiger partial charge in [-0.15, -0.1) is 0 Å². The maximum absolute atomic E-state index is 12.8. The number of rotatable bonds is 48. The van der Waals surface area contributed by atoms with Crippen molar-refractivity contribution < 1.29 is 28.6 Å². The van der Waals surface area contributed by atoms with Crippen LogP contribution >= 0.6 is 0 Å². The Morgan fingerprint density at radius 2 is 0.633 bits per heavy atom. The molecule has 0 aliphatic rings. The molecule has 60 heavy (non-hydrogen) atoms. The standard InChI is InChI=1S/C54H104O6/c1-6-8-9-10-11-12-13-14-15-16-17-18-19-20-21-25-28-34-39-44-52(55)58-47-51(48-59-53(56)45-40-35-31-30-33-38-43-50(5)7-2)60-54(57)46-41-36-29-26-23-22-24-27-32-37-42-49(3)4/h49-51H,6-48H2,1-5H3/t50?,51-/m0/s1. The maximum atomic E-state index is 12.8. The molecule has 2 atom stereocenters. The summed E-state index contributed by atoms with van der Waals surface area (Å²) >= 11 is 0. The number of carbonyl (C=O) groups excluding carboxylic acids is 3. The van der Waals surface area contributed by atoms with Crippen molar-refractivity contribution in [3.8, 4) is 0 Å². The third kappa shape index (κ3) is 45.9. The first-order valence-corrected chi connectivity index (χ1v) is 26.8. The second-order valence-electron chi connectivity index (χ2n) is 19.2. The molecular weight excluding hydrogens is 745 g/mol. The Morgan fingerprint density at radius 3 is 0.950 bits per heavy atom. The van der Waals surface area contributed by atoms with Crippen molar-refractivity contribution in [1.29, 1.82) is 0 Å². The van der Waals surface area contributed by atoms with E-state index in [0.29, 0.717) is 19.3 Å². The molecule has 0 bridgehead atoms. The lowest BCUT2D eigenvalue weighted by Crippen LogP contribution is -2.30. The number of hydrogen-bond acceptors (Lipinski definition) is 6. The van der Waals surface area contributed by atoms with Crippen LogP contribution in [0.5, 0.6) is 0 Å². The van der Waals surface area contributed by atoms with Gasteiger partial charge in [-0.3, -0.25) is 14.4 Å². The summed E-state index contributed by atoms with van der Waals surface area (Å²) in [6.07, 6.45) is 48.1. The summed E-state index contributed by atoms with van der Waals surface area (Å²) < 4.78 is 16.8. The monoisotopic (exact) mass is 849 g/mol. The first-order valence-electron chi connectivity index (χ1n) is 26.8. The molecule has 0 heterocycles. The summed E-state index contributed by atoms with van der Waals surface area (Å²) in [5.41, 5.74) is 0. The van der Waals surface area contributed by atoms with E-state index in [2.05, 4.69) is 34.6 Å². The van der Waals surface area contributed by atoms with Gasteiger partial charge in [0.25, 0.3) is 0 Å². The van der Waals surface area contributed by atoms with Gasteiger partial charge in [0.05, 0.1) is 0 Å². The van der Waals surface area contributed by atoms with E-state index in [0.717, 1.165) is 69.6 Å². The fraction of sp³-hybridized carbons (Fsp3) is 0.944. The smallest absolute Gasteiger partial charge is 0.306 e. The highest BCUT2D eigenvalue weighted by molar-refractivity contribution is 5.71. The van der Waals surface area contributed by atoms with Gasteiger partial charge in [-0.1, -0.05) is 259 Å². The summed E-state index contributed by atoms with van der Waals surface area (Å²) in [6.45, 7) is 11.3. The molecule has 0 amide bonds. The van der Waals surface area contributed by atoms with Crippen LogP contribution in [0.4, 0.5) is 0 Å². The van der Waals surface area contributed by atoms with Gasteiger partial charge < -0.3 is 14.2 Å². The molecule has 0 saturated heterocycles. The summed E-state index contributed by atoms with van der Waals surface area (Å²) in [7, 11) is 0. The Kier molecular flexibility index (Phi) is 45.7. The lowest BCUT2D eigenvalue weighted by atomic mass is 10.00. The zero-order valence-electron chi connectivity index (χ0n) is 41.1. The molecule has 0 aromatic heterocycles. The van der Waals surface area contributed by atoms with Crippen LogP contribution in [0.1, 0.15) is 298 Å². The minimum atomic E-state index is -0.762. The Labute approximate surface area is 374 Å². The third-order valence-electron chi connectivity index (χ3n) is 12.6. The van der Waals surface area contributed by atoms with Crippen molar-refractivity contribution in [3.63, 3.8) is 0 Å². The van der Waals surface area contributed by atoms with Crippen LogP contribution in [-0.2, 0) is 28.6 Å². The molecule has 0 saturated carbocycles. The van der Waals surface area contributed by atoms with Crippen molar-refractivity contribution in [3.05, 3.63) is 0 Å². The van der Waals surface area contributed by atoms with Gasteiger partial charge in [-0.2, -0.15) is 0 Å². The lowest BCUT2D eigenvalue weighted by Gasteiger charge is -2.18. The van der Waals surface area contributed by atoms with Gasteiger partial charge in [-0.25, -0.2) is 0 Å². The molecule has 0 aromatic rings. The second-order valence-corrected chi connectivity index (χ2v) is 19.2. The van der Waals surface area contributed by atoms with Crippen LogP contribution in [0.3, 0.4) is 0 Å². The van der Waals surface area contributed by atoms with E-state index >= 15 is 0 Å². The zero-order chi connectivity index (χ0) is 44.0. The zero-order valence-corrected chi connectivity index (χ0v) is 41.1. The molecule has 1 unspecified atom stereocenters. The van der Waals surface area contributed by atoms with E-state index in [9.17, 15) is 14.4 Å². The van der Waals surface area contributed by atoms with E-state index in [-0.39, 0.29) is 31.1 Å². The highest BCUT2D eigenvalue weighted by Gasteiger charge is 2.19. The van der Waals surface area contributed by atoms with Gasteiger partial charge in [0.2, 0.25) is 0 Å². The summed E-state index contributed by atoms with van der Waals surface area (Å²) in [5.74, 6) is 0.779. The summed E-state index contributed by atoms with van der Waals surface area (Å²) in [4.78, 5) is 37.9. The fourth-order valence-corrected chi connectivity index (χ4v) is 8.13. The maximum Gasteiger partial charge on any atom is 0.306 e. The number of esters is 3. The van der Waals surface area contributed by atoms with E-state index in [4.69, 9.17) is 14.2 Å². The van der Waals surface area contributed by atoms with Crippen molar-refractivity contribution in [2.45, 2.75) is 304 Å². The summed E-state index contributed by atoms with van der Waals surface area (Å²) in [5, 5.41) is 0. The molecule has 6 nitrogen and oxygen atoms in total. The highest BCUT2D eigenvalue weighted by Crippen LogP contribution is 2.18. The lowest BCUT2D eigenvalue weighted by molar-refractivity contribution is -0.167. The van der Waals surface area contributed by atoms with Crippen LogP contribution in [0, 0.1) is 11.8 Å². The largest absolute Gasteiger partial charge is 0.462 e. The Bertz CT molecular complexity index is 918. The number of ether oxygens (including phenoxy) is 3. The second kappa shape index (κ2) is 46.9. The predicted molar refractivity (Wildman–Crippen MR) is 256 cm³/mol. The van der Waals surface area contributed by atoms with Crippen molar-refractivity contribution >= 4 is 17.9 Å². The van der Waals surface area contributed by atoms with Gasteiger partial charge in [0.15, 0.2) is 6.10 Å². The Morgan fingerprint density at radius 1 is 0.350 bits per heavy atom. The first-order chi connectivity index (χ1) is 29.3. The molecule has 0 rings (SSSR count). The van der Waals surface area contributed by atoms with Gasteiger partial charge in [-0.05, 0) is 31.1 Å². The van der Waals surface area contributed by atoms with Crippen molar-refractivity contribution in [1.82, 2.24) is 0 Å². The van der Waals surface area contributed by atoms with E-state index in [1.165, 1.54) is 186 Å². The van der Waals surface area contributed by atoms with E-state index in [1.807, 2.05) is 0 Å². The molecule has 0 N–H and O–H groups in total. The van der Waals surface area contributed by atoms with Crippen LogP contribution in [0.2, 0.25) is 0 Å². The highest BCUT2D eigenvalue weighted by atomic mass is 16.6. The topological polar surface area (TPSA) is 78.9 Å². The number of carbonyl (C=O) groups is 3. The molecule has 0 radical (unpaired) electrons. The van der Waals surface area contributed by atoms with Crippen molar-refractivity contribution in [2.24, 2.45) is 11.8 Å². The van der Waals surface area contributed by atoms with Crippen LogP contribution < -0.4 is 0 Å². The van der Waals surface area contributed by atoms with Gasteiger partial charge >= 0.3 is 17.9 Å². The average molecular weight is 849 g/mol. The molecule has 0 fully saturated rings. The first kappa shape index (κ1) is 58.4. The van der Waals surface area contributed by atoms with Gasteiger partial charge in [0.1, 0.15) is 13.2 Å². The Hall–Kier alpha value is -1.59. The third-order valence-corrected chi connectivity index (χ3v) is 12.6. The molecule has 0 spiro atoms. The van der Waals surface area contributed by atoms with Crippen molar-refractivity contribution in [2.75, 3.05) is 13.2 Å². The number of hydrogen-bond donors (Lipinski definition) is 0. The van der Waals surface area contributed by atoms with Crippen LogP contribution in [0.25, 0.3) is 0 Å². The van der Waals surface area contributed by atoms with Crippen LogP contribution in [-0.4, -0.2) is 37.2 Å². The van der Waals surface area contributed by atoms with E-state index < -0.39 is 6.10 Å². The molecule has 6 heteroatoms. The normalized spacial score (nSPS) is 12.5. The predicted octanol–water partition coefficient (Wildman–Crippen LogP) is 17.3.